The minimum atomic E-state index is 1.23. The van der Waals surface area contributed by atoms with Crippen molar-refractivity contribution in [3.8, 4) is 134 Å². The standard InChI is InChI=1S/3C44H28S/c1-2-13-29(14-3-1)30-15-10-17-32(27-30)42-36-20-4-6-22-38(36)43(39-23-7-5-21-37(39)42)33-18-11-16-31(28-33)34-24-12-25-40-35-19-8-9-26-41(35)45-44(34)40;1-2-14-29(15-3-1)30-16-12-17-31(28-30)42-35-21-6-8-23-37(35)43(38-24-9-7-22-36(38)42)34-20-5-4-18-32(34)39-25-13-26-40-33-19-10-11-27-41(33)45-44(39)40;1-2-13-29(14-3-1)30-25-27-31(28-26-30)42-35-18-6-8-20-37(35)43(38-21-9-7-19-36(38)42)34-17-5-4-15-32(34)39-22-12-23-40-33-16-10-11-24-41(33)45-44(39)40/h3*1-28H. The average molecular weight is 1770 g/mol. The molecule has 0 bridgehead atoms. The first-order chi connectivity index (χ1) is 67.0. The van der Waals surface area contributed by atoms with Gasteiger partial charge in [-0.05, 0) is 223 Å². The Morgan fingerprint density at radius 2 is 0.289 bits per heavy atom. The Bertz CT molecular complexity index is 9110. The second-order valence-electron chi connectivity index (χ2n) is 34.9. The highest BCUT2D eigenvalue weighted by molar-refractivity contribution is 7.27. The van der Waals surface area contributed by atoms with Crippen molar-refractivity contribution in [1.82, 2.24) is 0 Å². The summed E-state index contributed by atoms with van der Waals surface area (Å²) in [6.07, 6.45) is 0. The number of thiophene rings is 3. The highest BCUT2D eigenvalue weighted by atomic mass is 32.1. The van der Waals surface area contributed by atoms with Gasteiger partial charge in [-0.2, -0.15) is 0 Å². The van der Waals surface area contributed by atoms with Crippen LogP contribution >= 0.6 is 34.0 Å². The molecule has 0 N–H and O–H groups in total. The summed E-state index contributed by atoms with van der Waals surface area (Å²) in [5.74, 6) is 0. The van der Waals surface area contributed by atoms with Crippen molar-refractivity contribution >= 4 is 159 Å². The summed E-state index contributed by atoms with van der Waals surface area (Å²) in [6, 6.07) is 186. The van der Waals surface area contributed by atoms with Crippen molar-refractivity contribution in [3.63, 3.8) is 0 Å². The molecular weight excluding hydrogens is 1680 g/mol. The Balaban J connectivity index is 0.000000108. The van der Waals surface area contributed by atoms with Gasteiger partial charge in [0.2, 0.25) is 0 Å². The minimum Gasteiger partial charge on any atom is -0.135 e. The average Bonchev–Trinajstić information content (AvgIpc) is 1.23. The van der Waals surface area contributed by atoms with Crippen LogP contribution in [0.2, 0.25) is 0 Å². The van der Waals surface area contributed by atoms with Crippen molar-refractivity contribution in [3.05, 3.63) is 510 Å². The predicted octanol–water partition coefficient (Wildman–Crippen LogP) is 39.1. The zero-order valence-corrected chi connectivity index (χ0v) is 76.2. The van der Waals surface area contributed by atoms with E-state index in [9.17, 15) is 0 Å². The van der Waals surface area contributed by atoms with Gasteiger partial charge in [0.25, 0.3) is 0 Å². The molecule has 3 heteroatoms. The summed E-state index contributed by atoms with van der Waals surface area (Å²) in [4.78, 5) is 0. The van der Waals surface area contributed by atoms with Crippen LogP contribution in [-0.2, 0) is 0 Å². The van der Waals surface area contributed by atoms with Crippen LogP contribution in [0.3, 0.4) is 0 Å². The van der Waals surface area contributed by atoms with Crippen LogP contribution in [0.25, 0.3) is 259 Å². The Labute approximate surface area is 795 Å². The fourth-order valence-corrected chi connectivity index (χ4v) is 24.9. The Morgan fingerprint density at radius 1 is 0.0963 bits per heavy atom. The fraction of sp³-hybridized carbons (Fsp3) is 0. The molecule has 135 heavy (non-hydrogen) atoms. The van der Waals surface area contributed by atoms with E-state index >= 15 is 0 Å². The lowest BCUT2D eigenvalue weighted by atomic mass is 9.83. The van der Waals surface area contributed by atoms with Gasteiger partial charge in [-0.15, -0.1) is 34.0 Å². The van der Waals surface area contributed by atoms with E-state index < -0.39 is 0 Å². The van der Waals surface area contributed by atoms with Gasteiger partial charge in [0.15, 0.2) is 0 Å². The van der Waals surface area contributed by atoms with E-state index in [1.54, 1.807) is 0 Å². The van der Waals surface area contributed by atoms with E-state index in [4.69, 9.17) is 0 Å². The van der Waals surface area contributed by atoms with Gasteiger partial charge in [0.1, 0.15) is 0 Å². The second kappa shape index (κ2) is 34.7. The van der Waals surface area contributed by atoms with E-state index in [1.165, 1.54) is 259 Å². The smallest absolute Gasteiger partial charge is 0.0434 e. The Hall–Kier alpha value is -16.5. The maximum absolute atomic E-state index is 2.39. The van der Waals surface area contributed by atoms with E-state index in [1.807, 2.05) is 34.0 Å². The molecule has 24 aromatic carbocycles. The number of rotatable bonds is 12. The first-order valence-electron chi connectivity index (χ1n) is 46.3. The zero-order valence-electron chi connectivity index (χ0n) is 73.7. The normalized spacial score (nSPS) is 11.6. The summed E-state index contributed by atoms with van der Waals surface area (Å²) in [5.41, 5.74) is 30.2. The summed E-state index contributed by atoms with van der Waals surface area (Å²) >= 11 is 5.68. The predicted molar refractivity (Wildman–Crippen MR) is 588 cm³/mol. The van der Waals surface area contributed by atoms with Gasteiger partial charge in [-0.3, -0.25) is 0 Å². The summed E-state index contributed by atoms with van der Waals surface area (Å²) in [5, 5.41) is 23.2. The van der Waals surface area contributed by atoms with Gasteiger partial charge >= 0.3 is 0 Å². The van der Waals surface area contributed by atoms with E-state index in [0.717, 1.165) is 0 Å². The van der Waals surface area contributed by atoms with E-state index in [-0.39, 0.29) is 0 Å². The lowest BCUT2D eigenvalue weighted by Gasteiger charge is -2.20. The Morgan fingerprint density at radius 3 is 0.622 bits per heavy atom. The molecule has 0 aliphatic heterocycles. The molecule has 0 radical (unpaired) electrons. The van der Waals surface area contributed by atoms with Gasteiger partial charge in [0, 0.05) is 71.6 Å². The maximum atomic E-state index is 2.39. The number of hydrogen-bond acceptors (Lipinski definition) is 3. The molecule has 630 valence electrons. The molecule has 0 atom stereocenters. The number of hydrogen-bond donors (Lipinski definition) is 0. The topological polar surface area (TPSA) is 0 Å². The summed E-state index contributed by atoms with van der Waals surface area (Å²) in [6.45, 7) is 0. The maximum Gasteiger partial charge on any atom is 0.0434 e. The second-order valence-corrected chi connectivity index (χ2v) is 38.0. The highest BCUT2D eigenvalue weighted by Crippen LogP contribution is 2.54. The molecular formula is C132H84S3. The molecule has 0 unspecified atom stereocenters. The molecule has 27 rings (SSSR count). The van der Waals surface area contributed by atoms with Crippen LogP contribution in [0.15, 0.2) is 510 Å². The first kappa shape index (κ1) is 80.6. The van der Waals surface area contributed by atoms with Crippen LogP contribution in [0, 0.1) is 0 Å². The van der Waals surface area contributed by atoms with Crippen LogP contribution in [0.1, 0.15) is 0 Å². The molecule has 3 heterocycles. The molecule has 27 aromatic rings. The van der Waals surface area contributed by atoms with Crippen molar-refractivity contribution in [2.45, 2.75) is 0 Å². The number of fused-ring (bicyclic) bond motifs is 15. The van der Waals surface area contributed by atoms with Crippen molar-refractivity contribution in [2.75, 3.05) is 0 Å². The van der Waals surface area contributed by atoms with E-state index in [0.29, 0.717) is 0 Å². The summed E-state index contributed by atoms with van der Waals surface area (Å²) < 4.78 is 8.02. The van der Waals surface area contributed by atoms with Crippen LogP contribution < -0.4 is 0 Å². The highest BCUT2D eigenvalue weighted by Gasteiger charge is 2.26. The SMILES string of the molecule is c1ccc(-c2ccc(-c3c4ccccc4c(-c4ccccc4-c4cccc5c4sc4ccccc45)c4ccccc34)cc2)cc1.c1ccc(-c2cccc(-c3c4ccccc4c(-c4cccc(-c5cccc6c5sc5ccccc56)c4)c4ccccc34)c2)cc1.c1ccc(-c2cccc(-c3c4ccccc4c(-c4ccccc4-c4cccc5c4sc4ccccc45)c4ccccc34)c2)cc1. The van der Waals surface area contributed by atoms with Gasteiger partial charge < -0.3 is 0 Å². The van der Waals surface area contributed by atoms with Crippen LogP contribution in [-0.4, -0.2) is 0 Å². The van der Waals surface area contributed by atoms with Gasteiger partial charge in [-0.1, -0.05) is 473 Å². The summed E-state index contributed by atoms with van der Waals surface area (Å²) in [7, 11) is 0. The van der Waals surface area contributed by atoms with Crippen LogP contribution in [0.4, 0.5) is 0 Å². The molecule has 0 aliphatic rings. The molecule has 3 aromatic heterocycles. The molecule has 0 spiro atoms. The van der Waals surface area contributed by atoms with Gasteiger partial charge in [0.05, 0.1) is 0 Å². The van der Waals surface area contributed by atoms with Gasteiger partial charge in [-0.25, -0.2) is 0 Å². The largest absolute Gasteiger partial charge is 0.135 e. The fourth-order valence-electron chi connectivity index (χ4n) is 21.2. The lowest BCUT2D eigenvalue weighted by Crippen LogP contribution is -1.93. The van der Waals surface area contributed by atoms with E-state index in [2.05, 4.69) is 510 Å². The third-order valence-corrected chi connectivity index (χ3v) is 30.9. The number of benzene rings is 24. The molecule has 0 saturated heterocycles. The third kappa shape index (κ3) is 14.4. The Kier molecular flexibility index (Phi) is 20.7. The molecule has 0 saturated carbocycles. The first-order valence-corrected chi connectivity index (χ1v) is 48.8. The third-order valence-electron chi connectivity index (χ3n) is 27.2. The molecule has 0 amide bonds. The van der Waals surface area contributed by atoms with Crippen molar-refractivity contribution < 1.29 is 0 Å². The van der Waals surface area contributed by atoms with Crippen molar-refractivity contribution in [1.29, 1.82) is 0 Å². The molecule has 0 aliphatic carbocycles. The minimum absolute atomic E-state index is 1.23. The zero-order chi connectivity index (χ0) is 89.2. The molecule has 0 fully saturated rings. The monoisotopic (exact) mass is 1760 g/mol. The van der Waals surface area contributed by atoms with Crippen LogP contribution in [0.5, 0.6) is 0 Å². The quantitative estimate of drug-likeness (QED) is 0.107. The molecule has 0 nitrogen and oxygen atoms in total. The van der Waals surface area contributed by atoms with Crippen molar-refractivity contribution in [2.24, 2.45) is 0 Å². The lowest BCUT2D eigenvalue weighted by molar-refractivity contribution is 1.61.